The number of halogens is 1. The van der Waals surface area contributed by atoms with Gasteiger partial charge in [0.05, 0.1) is 5.56 Å². The molecule has 1 aliphatic heterocycles. The van der Waals surface area contributed by atoms with Gasteiger partial charge in [-0.1, -0.05) is 79.5 Å². The standard InChI is InChI=1S/C24H28BrN3O2S/c1-4-5-8-11-31-23-27-21-20(22(30)28-23)18(14-9-6-7-10-15(14)25)19-16(26-21)12-24(2,3)13-17(19)29/h6-7,9-10,18H,4-5,8,11-13H2,1-3H3,(H2,26,27,28,30). The first-order valence-electron chi connectivity index (χ1n) is 10.9. The summed E-state index contributed by atoms with van der Waals surface area (Å²) in [7, 11) is 0. The van der Waals surface area contributed by atoms with E-state index in [9.17, 15) is 9.59 Å². The molecule has 0 amide bonds. The van der Waals surface area contributed by atoms with Crippen LogP contribution in [0.5, 0.6) is 0 Å². The Hall–Kier alpha value is -1.86. The number of fused-ring (bicyclic) bond motifs is 1. The number of ketones is 1. The molecular weight excluding hydrogens is 474 g/mol. The molecule has 164 valence electrons. The van der Waals surface area contributed by atoms with E-state index in [1.807, 2.05) is 24.3 Å². The Bertz CT molecular complexity index is 1110. The third-order valence-electron chi connectivity index (χ3n) is 5.90. The van der Waals surface area contributed by atoms with Gasteiger partial charge in [0.1, 0.15) is 5.82 Å². The number of thioether (sulfide) groups is 1. The van der Waals surface area contributed by atoms with Gasteiger partial charge in [-0.05, 0) is 29.9 Å². The maximum atomic E-state index is 13.3. The molecule has 5 nitrogen and oxygen atoms in total. The molecule has 2 heterocycles. The first-order chi connectivity index (χ1) is 14.8. The predicted octanol–water partition coefficient (Wildman–Crippen LogP) is 6.02. The number of anilines is 1. The van der Waals surface area contributed by atoms with Crippen molar-refractivity contribution in [3.63, 3.8) is 0 Å². The average Bonchev–Trinajstić information content (AvgIpc) is 2.69. The molecular formula is C24H28BrN3O2S. The summed E-state index contributed by atoms with van der Waals surface area (Å²) in [6, 6.07) is 7.82. The Kier molecular flexibility index (Phi) is 6.44. The second kappa shape index (κ2) is 8.94. The van der Waals surface area contributed by atoms with Gasteiger partial charge in [0.15, 0.2) is 10.9 Å². The number of unbranched alkanes of at least 4 members (excludes halogenated alkanes) is 2. The van der Waals surface area contributed by atoms with Crippen LogP contribution in [0.4, 0.5) is 5.82 Å². The highest BCUT2D eigenvalue weighted by molar-refractivity contribution is 9.10. The topological polar surface area (TPSA) is 74.8 Å². The quantitative estimate of drug-likeness (QED) is 0.287. The van der Waals surface area contributed by atoms with E-state index in [0.717, 1.165) is 47.2 Å². The number of hydrogen-bond acceptors (Lipinski definition) is 5. The lowest BCUT2D eigenvalue weighted by Gasteiger charge is -2.38. The molecule has 1 aromatic carbocycles. The van der Waals surface area contributed by atoms with E-state index in [2.05, 4.69) is 47.0 Å². The monoisotopic (exact) mass is 501 g/mol. The lowest BCUT2D eigenvalue weighted by atomic mass is 9.69. The highest BCUT2D eigenvalue weighted by Gasteiger charge is 2.42. The smallest absolute Gasteiger partial charge is 0.257 e. The number of allylic oxidation sites excluding steroid dienone is 2. The second-order valence-electron chi connectivity index (χ2n) is 9.10. The average molecular weight is 502 g/mol. The fraction of sp³-hybridized carbons (Fsp3) is 0.458. The fourth-order valence-corrected chi connectivity index (χ4v) is 5.88. The molecule has 1 atom stereocenters. The van der Waals surface area contributed by atoms with E-state index in [-0.39, 0.29) is 16.8 Å². The first kappa shape index (κ1) is 22.3. The molecule has 0 bridgehead atoms. The molecule has 4 rings (SSSR count). The predicted molar refractivity (Wildman–Crippen MR) is 130 cm³/mol. The van der Waals surface area contributed by atoms with Crippen LogP contribution in [0.25, 0.3) is 0 Å². The summed E-state index contributed by atoms with van der Waals surface area (Å²) in [4.78, 5) is 34.3. The largest absolute Gasteiger partial charge is 0.343 e. The van der Waals surface area contributed by atoms with Gasteiger partial charge in [-0.2, -0.15) is 0 Å². The van der Waals surface area contributed by atoms with Gasteiger partial charge in [-0.25, -0.2) is 4.98 Å². The van der Waals surface area contributed by atoms with Crippen LogP contribution in [0.1, 0.15) is 69.9 Å². The number of nitrogens with zero attached hydrogens (tertiary/aromatic N) is 1. The molecule has 0 radical (unpaired) electrons. The van der Waals surface area contributed by atoms with Crippen molar-refractivity contribution < 1.29 is 4.79 Å². The fourth-order valence-electron chi connectivity index (χ4n) is 4.50. The molecule has 2 N–H and O–H groups in total. The number of carbonyl (C=O) groups excluding carboxylic acids is 1. The van der Waals surface area contributed by atoms with Crippen molar-refractivity contribution >= 4 is 39.3 Å². The van der Waals surface area contributed by atoms with Gasteiger partial charge in [-0.15, -0.1) is 0 Å². The normalized spacial score (nSPS) is 19.6. The Balaban J connectivity index is 1.83. The number of aromatic nitrogens is 2. The van der Waals surface area contributed by atoms with E-state index >= 15 is 0 Å². The minimum Gasteiger partial charge on any atom is -0.343 e. The van der Waals surface area contributed by atoms with Gasteiger partial charge < -0.3 is 10.3 Å². The lowest BCUT2D eigenvalue weighted by Crippen LogP contribution is -2.37. The Labute approximate surface area is 195 Å². The molecule has 1 aliphatic carbocycles. The van der Waals surface area contributed by atoms with E-state index in [4.69, 9.17) is 4.98 Å². The van der Waals surface area contributed by atoms with Crippen LogP contribution in [-0.2, 0) is 4.79 Å². The van der Waals surface area contributed by atoms with Gasteiger partial charge >= 0.3 is 0 Å². The number of carbonyl (C=O) groups is 1. The molecule has 31 heavy (non-hydrogen) atoms. The molecule has 2 aromatic rings. The Morgan fingerprint density at radius 3 is 2.71 bits per heavy atom. The minimum absolute atomic E-state index is 0.0996. The zero-order valence-corrected chi connectivity index (χ0v) is 20.6. The van der Waals surface area contributed by atoms with Crippen LogP contribution in [0.3, 0.4) is 0 Å². The molecule has 0 saturated heterocycles. The summed E-state index contributed by atoms with van der Waals surface area (Å²) in [6.45, 7) is 6.40. The number of Topliss-reactive ketones (excluding diaryl/α,β-unsaturated/α-hetero) is 1. The Morgan fingerprint density at radius 2 is 1.97 bits per heavy atom. The number of benzene rings is 1. The van der Waals surface area contributed by atoms with Crippen LogP contribution < -0.4 is 10.9 Å². The number of rotatable bonds is 6. The molecule has 2 aliphatic rings. The lowest BCUT2D eigenvalue weighted by molar-refractivity contribution is -0.118. The van der Waals surface area contributed by atoms with Crippen LogP contribution in [-0.4, -0.2) is 21.5 Å². The second-order valence-corrected chi connectivity index (χ2v) is 11.0. The summed E-state index contributed by atoms with van der Waals surface area (Å²) in [5.74, 6) is 1.16. The maximum absolute atomic E-state index is 13.3. The summed E-state index contributed by atoms with van der Waals surface area (Å²) in [5.41, 5.74) is 2.74. The highest BCUT2D eigenvalue weighted by Crippen LogP contribution is 2.48. The van der Waals surface area contributed by atoms with Crippen LogP contribution >= 0.6 is 27.7 Å². The summed E-state index contributed by atoms with van der Waals surface area (Å²) in [6.07, 6.45) is 4.64. The SMILES string of the molecule is CCCCCSc1nc2c(c(=O)[nH]1)C(c1ccccc1Br)C1=C(CC(C)(C)CC1=O)N2. The zero-order chi connectivity index (χ0) is 22.2. The summed E-state index contributed by atoms with van der Waals surface area (Å²) < 4.78 is 0.884. The third-order valence-corrected chi connectivity index (χ3v) is 7.58. The van der Waals surface area contributed by atoms with Crippen molar-refractivity contribution in [2.45, 2.75) is 63.9 Å². The van der Waals surface area contributed by atoms with E-state index < -0.39 is 5.92 Å². The van der Waals surface area contributed by atoms with Crippen molar-refractivity contribution in [3.8, 4) is 0 Å². The summed E-state index contributed by atoms with van der Waals surface area (Å²) in [5, 5.41) is 4.01. The number of nitrogens with one attached hydrogen (secondary N) is 2. The minimum atomic E-state index is -0.430. The van der Waals surface area contributed by atoms with E-state index in [1.165, 1.54) is 0 Å². The number of H-pyrrole nitrogens is 1. The number of aromatic amines is 1. The molecule has 7 heteroatoms. The molecule has 0 saturated carbocycles. The van der Waals surface area contributed by atoms with Crippen molar-refractivity contribution in [2.24, 2.45) is 5.41 Å². The van der Waals surface area contributed by atoms with Crippen LogP contribution in [0.2, 0.25) is 0 Å². The van der Waals surface area contributed by atoms with Crippen molar-refractivity contribution in [3.05, 3.63) is 61.5 Å². The third kappa shape index (κ3) is 4.53. The van der Waals surface area contributed by atoms with E-state index in [1.54, 1.807) is 11.8 Å². The van der Waals surface area contributed by atoms with Crippen molar-refractivity contribution in [1.29, 1.82) is 0 Å². The van der Waals surface area contributed by atoms with Gasteiger partial charge in [0.25, 0.3) is 5.56 Å². The highest BCUT2D eigenvalue weighted by atomic mass is 79.9. The van der Waals surface area contributed by atoms with Crippen LogP contribution in [0, 0.1) is 5.41 Å². The van der Waals surface area contributed by atoms with Gasteiger partial charge in [-0.3, -0.25) is 9.59 Å². The number of hydrogen-bond donors (Lipinski definition) is 2. The van der Waals surface area contributed by atoms with Gasteiger partial charge in [0.2, 0.25) is 0 Å². The molecule has 0 fully saturated rings. The Morgan fingerprint density at radius 1 is 1.19 bits per heavy atom. The van der Waals surface area contributed by atoms with Crippen molar-refractivity contribution in [2.75, 3.05) is 11.1 Å². The summed E-state index contributed by atoms with van der Waals surface area (Å²) >= 11 is 5.22. The molecule has 1 aromatic heterocycles. The molecule has 0 spiro atoms. The zero-order valence-electron chi connectivity index (χ0n) is 18.2. The van der Waals surface area contributed by atoms with Crippen LogP contribution in [0.15, 0.2) is 50.0 Å². The first-order valence-corrected chi connectivity index (χ1v) is 12.6. The van der Waals surface area contributed by atoms with Gasteiger partial charge in [0, 0.05) is 33.8 Å². The van der Waals surface area contributed by atoms with E-state index in [0.29, 0.717) is 28.5 Å². The van der Waals surface area contributed by atoms with Crippen molar-refractivity contribution in [1.82, 2.24) is 9.97 Å². The molecule has 1 unspecified atom stereocenters. The maximum Gasteiger partial charge on any atom is 0.257 e.